The molecule has 7 nitrogen and oxygen atoms in total. The molecule has 2 aromatic heterocycles. The molecule has 0 radical (unpaired) electrons. The number of H-pyrrole nitrogens is 1. The number of benzene rings is 1. The fraction of sp³-hybridized carbons (Fsp3) is 0.333. The van der Waals surface area contributed by atoms with Crippen LogP contribution < -0.4 is 5.32 Å². The Kier molecular flexibility index (Phi) is 6.34. The van der Waals surface area contributed by atoms with Crippen molar-refractivity contribution in [3.8, 4) is 0 Å². The van der Waals surface area contributed by atoms with Crippen LogP contribution in [0.2, 0.25) is 0 Å². The van der Waals surface area contributed by atoms with Crippen molar-refractivity contribution in [2.45, 2.75) is 19.0 Å². The van der Waals surface area contributed by atoms with Crippen molar-refractivity contribution in [3.05, 3.63) is 41.5 Å². The first-order valence-corrected chi connectivity index (χ1v) is 8.17. The average Bonchev–Trinajstić information content (AvgIpc) is 3.21. The maximum atomic E-state index is 12.8. The monoisotopic (exact) mass is 400 g/mol. The molecule has 134 valence electrons. The highest BCUT2D eigenvalue weighted by atomic mass is 35.5. The maximum Gasteiger partial charge on any atom is 0.246 e. The minimum Gasteiger partial charge on any atom is -0.348 e. The fourth-order valence-corrected chi connectivity index (χ4v) is 3.44. The number of aromatic nitrogens is 4. The molecule has 0 spiro atoms. The molecule has 0 fully saturated rings. The first kappa shape index (κ1) is 19.6. The normalized spacial score (nSPS) is 15.8. The molecule has 1 aliphatic heterocycles. The van der Waals surface area contributed by atoms with Gasteiger partial charge in [0.05, 0.1) is 23.7 Å². The summed E-state index contributed by atoms with van der Waals surface area (Å²) in [6.07, 6.45) is 2.53. The second-order valence-corrected chi connectivity index (χ2v) is 6.21. The number of carbonyl (C=O) groups excluding carboxylic acids is 1. The number of aromatic amines is 1. The molecule has 0 bridgehead atoms. The Bertz CT molecular complexity index is 866. The summed E-state index contributed by atoms with van der Waals surface area (Å²) in [5.74, 6) is 0.0227. The summed E-state index contributed by atoms with van der Waals surface area (Å²) in [6.45, 7) is 1.31. The van der Waals surface area contributed by atoms with Gasteiger partial charge in [0.2, 0.25) is 5.91 Å². The van der Waals surface area contributed by atoms with Crippen LogP contribution >= 0.6 is 36.5 Å². The van der Waals surface area contributed by atoms with Gasteiger partial charge in [0.15, 0.2) is 0 Å². The first-order valence-electron chi connectivity index (χ1n) is 7.44. The van der Waals surface area contributed by atoms with E-state index in [1.807, 2.05) is 25.2 Å². The van der Waals surface area contributed by atoms with Gasteiger partial charge in [0.1, 0.15) is 17.1 Å². The molecular formula is C15H18Cl2N6OS. The van der Waals surface area contributed by atoms with Gasteiger partial charge in [-0.1, -0.05) is 6.07 Å². The average molecular weight is 401 g/mol. The van der Waals surface area contributed by atoms with E-state index >= 15 is 0 Å². The highest BCUT2D eigenvalue weighted by Gasteiger charge is 2.30. The molecule has 0 saturated heterocycles. The lowest BCUT2D eigenvalue weighted by molar-refractivity contribution is -0.133. The summed E-state index contributed by atoms with van der Waals surface area (Å²) in [5.41, 5.74) is 4.67. The van der Waals surface area contributed by atoms with E-state index in [0.29, 0.717) is 6.54 Å². The van der Waals surface area contributed by atoms with Crippen molar-refractivity contribution in [1.82, 2.24) is 28.9 Å². The third kappa shape index (κ3) is 3.77. The number of likely N-dealkylation sites (N-methyl/N-ethyl adjacent to an activating group) is 1. The van der Waals surface area contributed by atoms with Gasteiger partial charge in [-0.15, -0.1) is 24.8 Å². The lowest BCUT2D eigenvalue weighted by atomic mass is 10.0. The lowest BCUT2D eigenvalue weighted by Gasteiger charge is -2.27. The Balaban J connectivity index is 0.00000113. The van der Waals surface area contributed by atoms with Crippen LogP contribution in [0.3, 0.4) is 0 Å². The van der Waals surface area contributed by atoms with Crippen LogP contribution in [-0.2, 0) is 17.8 Å². The molecule has 2 N–H and O–H groups in total. The minimum absolute atomic E-state index is 0. The number of halogens is 2. The second-order valence-electron chi connectivity index (χ2n) is 5.69. The molecule has 1 atom stereocenters. The summed E-state index contributed by atoms with van der Waals surface area (Å²) in [4.78, 5) is 21.9. The van der Waals surface area contributed by atoms with Crippen molar-refractivity contribution in [2.75, 3.05) is 13.6 Å². The lowest BCUT2D eigenvalue weighted by Crippen LogP contribution is -2.42. The highest BCUT2D eigenvalue weighted by Crippen LogP contribution is 2.22. The Morgan fingerprint density at radius 3 is 2.96 bits per heavy atom. The minimum atomic E-state index is -0.375. The molecule has 0 aliphatic carbocycles. The second kappa shape index (κ2) is 8.09. The number of imidazole rings is 1. The van der Waals surface area contributed by atoms with E-state index in [0.717, 1.165) is 41.0 Å². The number of rotatable bonds is 3. The smallest absolute Gasteiger partial charge is 0.246 e. The van der Waals surface area contributed by atoms with Crippen LogP contribution in [0, 0.1) is 0 Å². The van der Waals surface area contributed by atoms with E-state index in [2.05, 4.69) is 24.0 Å². The van der Waals surface area contributed by atoms with Crippen LogP contribution in [0.1, 0.15) is 23.0 Å². The van der Waals surface area contributed by atoms with Gasteiger partial charge in [-0.2, -0.15) is 8.75 Å². The van der Waals surface area contributed by atoms with E-state index in [9.17, 15) is 4.79 Å². The van der Waals surface area contributed by atoms with Gasteiger partial charge in [0.25, 0.3) is 0 Å². The zero-order chi connectivity index (χ0) is 15.8. The van der Waals surface area contributed by atoms with Gasteiger partial charge in [-0.25, -0.2) is 4.98 Å². The number of carbonyl (C=O) groups is 1. The predicted octanol–water partition coefficient (Wildman–Crippen LogP) is 2.10. The highest BCUT2D eigenvalue weighted by molar-refractivity contribution is 7.00. The predicted molar refractivity (Wildman–Crippen MR) is 101 cm³/mol. The fourth-order valence-electron chi connectivity index (χ4n) is 2.92. The molecule has 1 amide bonds. The van der Waals surface area contributed by atoms with Crippen LogP contribution in [-0.4, -0.2) is 43.1 Å². The van der Waals surface area contributed by atoms with Crippen LogP contribution in [0.4, 0.5) is 0 Å². The molecule has 25 heavy (non-hydrogen) atoms. The summed E-state index contributed by atoms with van der Waals surface area (Å²) >= 11 is 1.20. The maximum absolute atomic E-state index is 12.8. The van der Waals surface area contributed by atoms with Crippen molar-refractivity contribution in [1.29, 1.82) is 0 Å². The van der Waals surface area contributed by atoms with E-state index in [-0.39, 0.29) is 36.8 Å². The van der Waals surface area contributed by atoms with Gasteiger partial charge in [-0.05, 0) is 17.7 Å². The molecule has 1 aliphatic rings. The number of hydrogen-bond donors (Lipinski definition) is 2. The van der Waals surface area contributed by atoms with E-state index in [1.54, 1.807) is 11.2 Å². The Hall–Kier alpha value is -1.74. The third-order valence-corrected chi connectivity index (χ3v) is 4.67. The zero-order valence-corrected chi connectivity index (χ0v) is 15.9. The summed E-state index contributed by atoms with van der Waals surface area (Å²) in [6, 6.07) is 5.54. The van der Waals surface area contributed by atoms with Gasteiger partial charge in [0, 0.05) is 32.3 Å². The summed E-state index contributed by atoms with van der Waals surface area (Å²) in [5, 5.41) is 3.26. The van der Waals surface area contributed by atoms with Crippen LogP contribution in [0.5, 0.6) is 0 Å². The van der Waals surface area contributed by atoms with E-state index in [4.69, 9.17) is 0 Å². The number of amides is 1. The Morgan fingerprint density at radius 1 is 1.32 bits per heavy atom. The first-order chi connectivity index (χ1) is 11.2. The van der Waals surface area contributed by atoms with Crippen molar-refractivity contribution in [3.63, 3.8) is 0 Å². The molecule has 4 rings (SSSR count). The quantitative estimate of drug-likeness (QED) is 0.702. The van der Waals surface area contributed by atoms with E-state index in [1.165, 1.54) is 11.7 Å². The number of hydrogen-bond acceptors (Lipinski definition) is 6. The Labute approximate surface area is 161 Å². The Morgan fingerprint density at radius 2 is 2.12 bits per heavy atom. The van der Waals surface area contributed by atoms with Gasteiger partial charge < -0.3 is 15.2 Å². The number of nitrogens with one attached hydrogen (secondary N) is 2. The van der Waals surface area contributed by atoms with E-state index < -0.39 is 0 Å². The molecule has 1 aromatic carbocycles. The van der Waals surface area contributed by atoms with Crippen LogP contribution in [0.15, 0.2) is 24.5 Å². The van der Waals surface area contributed by atoms with Crippen molar-refractivity contribution >= 4 is 53.5 Å². The van der Waals surface area contributed by atoms with Crippen LogP contribution in [0.25, 0.3) is 11.0 Å². The molecular weight excluding hydrogens is 383 g/mol. The topological polar surface area (TPSA) is 86.8 Å². The summed E-state index contributed by atoms with van der Waals surface area (Å²) in [7, 11) is 1.81. The standard InChI is InChI=1S/C15H16N6OS.2ClH/c1-21(7-9-2-3-10-12(6-9)20-23-19-10)15(22)14-13-11(4-5-16-14)17-8-18-13;;/h2-3,6,8,14,16H,4-5,7H2,1H3,(H,17,18);2*1H. The van der Waals surface area contributed by atoms with Gasteiger partial charge >= 0.3 is 0 Å². The zero-order valence-electron chi connectivity index (χ0n) is 13.4. The summed E-state index contributed by atoms with van der Waals surface area (Å²) < 4.78 is 8.44. The van der Waals surface area contributed by atoms with Crippen molar-refractivity contribution in [2.24, 2.45) is 0 Å². The molecule has 10 heteroatoms. The van der Waals surface area contributed by atoms with Crippen molar-refractivity contribution < 1.29 is 4.79 Å². The molecule has 3 aromatic rings. The number of fused-ring (bicyclic) bond motifs is 2. The largest absolute Gasteiger partial charge is 0.348 e. The molecule has 1 unspecified atom stereocenters. The SMILES string of the molecule is CN(Cc1ccc2nsnc2c1)C(=O)C1NCCc2[nH]cnc21.Cl.Cl. The van der Waals surface area contributed by atoms with Gasteiger partial charge in [-0.3, -0.25) is 4.79 Å². The third-order valence-electron chi connectivity index (χ3n) is 4.11. The molecule has 0 saturated carbocycles. The number of nitrogens with zero attached hydrogens (tertiary/aromatic N) is 4. The molecule has 3 heterocycles.